The summed E-state index contributed by atoms with van der Waals surface area (Å²) < 4.78 is 4.11. The van der Waals surface area contributed by atoms with E-state index in [1.165, 1.54) is 51.4 Å². The summed E-state index contributed by atoms with van der Waals surface area (Å²) in [4.78, 5) is 0. The summed E-state index contributed by atoms with van der Waals surface area (Å²) in [5, 5.41) is 19.7. The Morgan fingerprint density at radius 3 is 2.04 bits per heavy atom. The van der Waals surface area contributed by atoms with Crippen molar-refractivity contribution >= 4 is 23.2 Å². The van der Waals surface area contributed by atoms with Gasteiger partial charge in [-0.05, 0) is 6.42 Å². The molecule has 7 heteroatoms. The zero-order chi connectivity index (χ0) is 19.2. The number of rotatable bonds is 16. The van der Waals surface area contributed by atoms with Crippen LogP contribution in [0.25, 0.3) is 0 Å². The number of alkyl halides is 2. The molecule has 0 radical (unpaired) electrons. The van der Waals surface area contributed by atoms with Gasteiger partial charge in [0.2, 0.25) is 0 Å². The van der Waals surface area contributed by atoms with E-state index in [0.29, 0.717) is 13.1 Å². The minimum atomic E-state index is -0.558. The van der Waals surface area contributed by atoms with Crippen molar-refractivity contribution in [3.05, 3.63) is 18.2 Å². The monoisotopic (exact) mass is 442 g/mol. The number of aromatic nitrogens is 2. The van der Waals surface area contributed by atoms with Crippen LogP contribution in [0.15, 0.2) is 12.4 Å². The largest absolute Gasteiger partial charge is 1.00 e. The fraction of sp³-hybridized carbons (Fsp3) is 0.850. The van der Waals surface area contributed by atoms with Crippen LogP contribution in [-0.2, 0) is 19.5 Å². The third-order valence-corrected chi connectivity index (χ3v) is 5.48. The predicted octanol–water partition coefficient (Wildman–Crippen LogP) is 1.05. The molecule has 2 unspecified atom stereocenters. The quantitative estimate of drug-likeness (QED) is 0.228. The fourth-order valence-electron chi connectivity index (χ4n) is 3.26. The van der Waals surface area contributed by atoms with Gasteiger partial charge in [-0.1, -0.05) is 58.3 Å². The highest BCUT2D eigenvalue weighted by Crippen LogP contribution is 2.12. The summed E-state index contributed by atoms with van der Waals surface area (Å²) in [6.07, 6.45) is 15.4. The molecule has 160 valence electrons. The highest BCUT2D eigenvalue weighted by atomic mass is 35.5. The molecule has 0 saturated heterocycles. The van der Waals surface area contributed by atoms with E-state index in [1.807, 2.05) is 12.4 Å². The molecule has 0 fully saturated rings. The standard InChI is InChI=1S/C20H37Cl2N2O2.ClH/c1-2-3-4-5-6-7-8-9-10-11-20-23(16-18(25)14-21)12-13-24(20)17-19(26)15-22;/h12-13,18-19,25-26H,2-11,14-17H2,1H3;1H/q+1;/p-1. The summed E-state index contributed by atoms with van der Waals surface area (Å²) in [6.45, 7) is 3.22. The average molecular weight is 444 g/mol. The first-order valence-corrected chi connectivity index (χ1v) is 11.2. The van der Waals surface area contributed by atoms with Crippen LogP contribution in [0.5, 0.6) is 0 Å². The molecule has 0 amide bonds. The lowest BCUT2D eigenvalue weighted by molar-refractivity contribution is -0.709. The van der Waals surface area contributed by atoms with Gasteiger partial charge in [0, 0.05) is 6.42 Å². The van der Waals surface area contributed by atoms with Crippen LogP contribution < -0.4 is 17.0 Å². The summed E-state index contributed by atoms with van der Waals surface area (Å²) >= 11 is 11.5. The van der Waals surface area contributed by atoms with Gasteiger partial charge in [-0.15, -0.1) is 23.2 Å². The zero-order valence-electron chi connectivity index (χ0n) is 16.6. The van der Waals surface area contributed by atoms with Crippen LogP contribution in [0.4, 0.5) is 0 Å². The Hall–Kier alpha value is -0.000000000000000111. The molecule has 1 aromatic rings. The Bertz CT molecular complexity index is 443. The maximum atomic E-state index is 9.87. The van der Waals surface area contributed by atoms with Crippen LogP contribution in [0, 0.1) is 0 Å². The Morgan fingerprint density at radius 2 is 1.48 bits per heavy atom. The average Bonchev–Trinajstić information content (AvgIpc) is 3.01. The Labute approximate surface area is 181 Å². The SMILES string of the molecule is CCCCCCCCCCCc1n(CC(O)CCl)cc[n+]1CC(O)CCl.[Cl-]. The van der Waals surface area contributed by atoms with Crippen LogP contribution in [0.1, 0.15) is 70.5 Å². The minimum Gasteiger partial charge on any atom is -1.00 e. The third kappa shape index (κ3) is 11.6. The van der Waals surface area contributed by atoms with E-state index in [-0.39, 0.29) is 24.2 Å². The lowest BCUT2D eigenvalue weighted by Crippen LogP contribution is -3.00. The molecular weight excluding hydrogens is 407 g/mol. The highest BCUT2D eigenvalue weighted by molar-refractivity contribution is 6.18. The van der Waals surface area contributed by atoms with Gasteiger partial charge in [-0.25, -0.2) is 9.13 Å². The molecule has 1 rings (SSSR count). The molecule has 0 spiro atoms. The second-order valence-electron chi connectivity index (χ2n) is 7.21. The molecule has 0 aliphatic heterocycles. The molecule has 4 nitrogen and oxygen atoms in total. The molecule has 0 saturated carbocycles. The van der Waals surface area contributed by atoms with Crippen molar-refractivity contribution in [2.75, 3.05) is 11.8 Å². The van der Waals surface area contributed by atoms with Crippen molar-refractivity contribution in [2.24, 2.45) is 0 Å². The molecule has 2 N–H and O–H groups in total. The molecule has 2 atom stereocenters. The van der Waals surface area contributed by atoms with Crippen molar-refractivity contribution in [3.8, 4) is 0 Å². The first kappa shape index (κ1) is 27.0. The summed E-state index contributed by atoms with van der Waals surface area (Å²) in [7, 11) is 0. The van der Waals surface area contributed by atoms with Gasteiger partial charge in [-0.3, -0.25) is 0 Å². The Morgan fingerprint density at radius 1 is 0.926 bits per heavy atom. The van der Waals surface area contributed by atoms with Crippen LogP contribution in [0.2, 0.25) is 0 Å². The van der Waals surface area contributed by atoms with Gasteiger partial charge in [-0.2, -0.15) is 0 Å². The number of hydrogen-bond donors (Lipinski definition) is 2. The first-order valence-electron chi connectivity index (χ1n) is 10.2. The van der Waals surface area contributed by atoms with Gasteiger partial charge < -0.3 is 22.6 Å². The molecular formula is C20H37Cl3N2O2. The van der Waals surface area contributed by atoms with E-state index in [0.717, 1.165) is 18.7 Å². The summed E-state index contributed by atoms with van der Waals surface area (Å²) in [5.74, 6) is 1.57. The number of aliphatic hydroxyl groups excluding tert-OH is 2. The Kier molecular flexibility index (Phi) is 16.9. The van der Waals surface area contributed by atoms with Crippen LogP contribution >= 0.6 is 23.2 Å². The topological polar surface area (TPSA) is 49.3 Å². The van der Waals surface area contributed by atoms with E-state index in [9.17, 15) is 10.2 Å². The van der Waals surface area contributed by atoms with Gasteiger partial charge in [0.15, 0.2) is 0 Å². The predicted molar refractivity (Wildman–Crippen MR) is 109 cm³/mol. The first-order chi connectivity index (χ1) is 12.6. The van der Waals surface area contributed by atoms with Crippen LogP contribution in [-0.4, -0.2) is 38.7 Å². The van der Waals surface area contributed by atoms with Crippen molar-refractivity contribution < 1.29 is 27.2 Å². The smallest absolute Gasteiger partial charge is 0.256 e. The van der Waals surface area contributed by atoms with E-state index in [2.05, 4.69) is 16.1 Å². The fourth-order valence-corrected chi connectivity index (χ4v) is 3.46. The normalized spacial score (nSPS) is 13.4. The van der Waals surface area contributed by atoms with Crippen molar-refractivity contribution in [1.82, 2.24) is 4.57 Å². The molecule has 0 aliphatic carbocycles. The van der Waals surface area contributed by atoms with Gasteiger partial charge in [0.1, 0.15) is 37.7 Å². The minimum absolute atomic E-state index is 0. The molecule has 0 aliphatic rings. The van der Waals surface area contributed by atoms with Gasteiger partial charge in [0.05, 0.1) is 11.8 Å². The molecule has 0 aromatic carbocycles. The zero-order valence-corrected chi connectivity index (χ0v) is 18.9. The van der Waals surface area contributed by atoms with Gasteiger partial charge in [0.25, 0.3) is 5.82 Å². The number of aliphatic hydroxyl groups is 2. The second-order valence-corrected chi connectivity index (χ2v) is 7.83. The highest BCUT2D eigenvalue weighted by Gasteiger charge is 2.21. The number of imidazole rings is 1. The van der Waals surface area contributed by atoms with Crippen molar-refractivity contribution in [2.45, 2.75) is 96.4 Å². The number of halogens is 3. The maximum absolute atomic E-state index is 9.87. The van der Waals surface area contributed by atoms with E-state index in [4.69, 9.17) is 23.2 Å². The molecule has 1 aromatic heterocycles. The Balaban J connectivity index is 0.00000676. The molecule has 27 heavy (non-hydrogen) atoms. The van der Waals surface area contributed by atoms with E-state index in [1.54, 1.807) is 0 Å². The van der Waals surface area contributed by atoms with E-state index >= 15 is 0 Å². The summed E-state index contributed by atoms with van der Waals surface area (Å²) in [6, 6.07) is 0. The molecule has 1 heterocycles. The molecule has 0 bridgehead atoms. The van der Waals surface area contributed by atoms with Crippen molar-refractivity contribution in [3.63, 3.8) is 0 Å². The van der Waals surface area contributed by atoms with Crippen molar-refractivity contribution in [1.29, 1.82) is 0 Å². The second kappa shape index (κ2) is 16.9. The lowest BCUT2D eigenvalue weighted by Gasteiger charge is -2.10. The number of nitrogens with zero attached hydrogens (tertiary/aromatic N) is 2. The number of unbranched alkanes of at least 4 members (excludes halogenated alkanes) is 8. The summed E-state index contributed by atoms with van der Waals surface area (Å²) in [5.41, 5.74) is 0. The van der Waals surface area contributed by atoms with Gasteiger partial charge >= 0.3 is 0 Å². The third-order valence-electron chi connectivity index (χ3n) is 4.76. The number of hydrogen-bond acceptors (Lipinski definition) is 2. The van der Waals surface area contributed by atoms with Crippen LogP contribution in [0.3, 0.4) is 0 Å². The van der Waals surface area contributed by atoms with E-state index < -0.39 is 12.2 Å². The maximum Gasteiger partial charge on any atom is 0.256 e. The lowest BCUT2D eigenvalue weighted by atomic mass is 10.1.